The molecule has 1 aliphatic rings. The van der Waals surface area contributed by atoms with E-state index >= 15 is 0 Å². The van der Waals surface area contributed by atoms with E-state index in [0.717, 1.165) is 43.6 Å². The Kier molecular flexibility index (Phi) is 7.58. The maximum atomic E-state index is 12.6. The summed E-state index contributed by atoms with van der Waals surface area (Å²) >= 11 is 0. The van der Waals surface area contributed by atoms with Gasteiger partial charge in [-0.3, -0.25) is 9.48 Å². The maximum absolute atomic E-state index is 12.6. The van der Waals surface area contributed by atoms with Gasteiger partial charge in [0.1, 0.15) is 0 Å². The van der Waals surface area contributed by atoms with Crippen molar-refractivity contribution >= 4 is 36.4 Å². The Labute approximate surface area is 155 Å². The third kappa shape index (κ3) is 4.65. The van der Waals surface area contributed by atoms with Crippen LogP contribution in [0.15, 0.2) is 36.7 Å². The lowest BCUT2D eigenvalue weighted by Crippen LogP contribution is -2.39. The molecule has 3 rings (SSSR count). The zero-order valence-corrected chi connectivity index (χ0v) is 15.4. The van der Waals surface area contributed by atoms with Gasteiger partial charge in [-0.05, 0) is 49.4 Å². The Hall–Kier alpha value is -1.72. The molecule has 0 radical (unpaired) electrons. The number of nitrogens with two attached hydrogens (primary N) is 1. The second kappa shape index (κ2) is 8.94. The number of hydrogen-bond acceptors (Lipinski definition) is 3. The minimum absolute atomic E-state index is 0. The number of benzene rings is 1. The SMILES string of the molecule is Cc1ccc(N)cc1C(=O)N1CCC(Cn2cccn2)CC1.Cl.Cl. The fourth-order valence-corrected chi connectivity index (χ4v) is 3.03. The van der Waals surface area contributed by atoms with Gasteiger partial charge >= 0.3 is 0 Å². The highest BCUT2D eigenvalue weighted by molar-refractivity contribution is 5.96. The summed E-state index contributed by atoms with van der Waals surface area (Å²) in [4.78, 5) is 14.6. The average molecular weight is 371 g/mol. The predicted molar refractivity (Wildman–Crippen MR) is 101 cm³/mol. The van der Waals surface area contributed by atoms with Crippen LogP contribution in [0.3, 0.4) is 0 Å². The van der Waals surface area contributed by atoms with E-state index in [1.54, 1.807) is 12.3 Å². The molecule has 0 spiro atoms. The second-order valence-corrected chi connectivity index (χ2v) is 6.04. The first-order chi connectivity index (χ1) is 10.6. The van der Waals surface area contributed by atoms with Gasteiger partial charge in [0.2, 0.25) is 0 Å². The number of nitrogen functional groups attached to an aromatic ring is 1. The molecular weight excluding hydrogens is 347 g/mol. The number of carbonyl (C=O) groups excluding carboxylic acids is 1. The standard InChI is InChI=1S/C17H22N4O.2ClH/c1-13-3-4-15(18)11-16(13)17(22)20-9-5-14(6-10-20)12-21-8-2-7-19-21;;/h2-4,7-8,11,14H,5-6,9-10,12,18H2,1H3;2*1H. The molecule has 1 aliphatic heterocycles. The molecule has 0 aliphatic carbocycles. The van der Waals surface area contributed by atoms with Crippen LogP contribution in [0.5, 0.6) is 0 Å². The van der Waals surface area contributed by atoms with E-state index in [2.05, 4.69) is 5.10 Å². The highest BCUT2D eigenvalue weighted by atomic mass is 35.5. The predicted octanol–water partition coefficient (Wildman–Crippen LogP) is 3.17. The summed E-state index contributed by atoms with van der Waals surface area (Å²) in [7, 11) is 0. The lowest BCUT2D eigenvalue weighted by Gasteiger charge is -2.32. The number of likely N-dealkylation sites (tertiary alicyclic amines) is 1. The van der Waals surface area contributed by atoms with E-state index in [-0.39, 0.29) is 30.7 Å². The number of aryl methyl sites for hydroxylation is 1. The summed E-state index contributed by atoms with van der Waals surface area (Å²) in [6.45, 7) is 4.50. The van der Waals surface area contributed by atoms with Crippen molar-refractivity contribution in [3.8, 4) is 0 Å². The number of aromatic nitrogens is 2. The molecule has 1 fully saturated rings. The molecule has 0 saturated carbocycles. The topological polar surface area (TPSA) is 64.2 Å². The zero-order chi connectivity index (χ0) is 15.5. The number of amides is 1. The van der Waals surface area contributed by atoms with Crippen molar-refractivity contribution in [2.45, 2.75) is 26.3 Å². The van der Waals surface area contributed by atoms with Crippen molar-refractivity contribution in [2.24, 2.45) is 5.92 Å². The van der Waals surface area contributed by atoms with Crippen LogP contribution < -0.4 is 5.73 Å². The van der Waals surface area contributed by atoms with Crippen LogP contribution in [0, 0.1) is 12.8 Å². The van der Waals surface area contributed by atoms with Gasteiger partial charge in [-0.15, -0.1) is 24.8 Å². The highest BCUT2D eigenvalue weighted by Gasteiger charge is 2.24. The van der Waals surface area contributed by atoms with E-state index in [4.69, 9.17) is 5.73 Å². The molecule has 1 saturated heterocycles. The van der Waals surface area contributed by atoms with E-state index < -0.39 is 0 Å². The molecule has 0 bridgehead atoms. The van der Waals surface area contributed by atoms with Gasteiger partial charge in [0.25, 0.3) is 5.91 Å². The van der Waals surface area contributed by atoms with Crippen LogP contribution in [0.2, 0.25) is 0 Å². The highest BCUT2D eigenvalue weighted by Crippen LogP contribution is 2.22. The van der Waals surface area contributed by atoms with Crippen molar-refractivity contribution in [3.63, 3.8) is 0 Å². The fraction of sp³-hybridized carbons (Fsp3) is 0.412. The van der Waals surface area contributed by atoms with Crippen LogP contribution in [-0.2, 0) is 6.54 Å². The first-order valence-corrected chi connectivity index (χ1v) is 7.76. The fourth-order valence-electron chi connectivity index (χ4n) is 3.03. The molecule has 1 amide bonds. The van der Waals surface area contributed by atoms with E-state index in [1.807, 2.05) is 40.9 Å². The summed E-state index contributed by atoms with van der Waals surface area (Å²) < 4.78 is 1.98. The molecule has 2 aromatic rings. The zero-order valence-electron chi connectivity index (χ0n) is 13.7. The summed E-state index contributed by atoms with van der Waals surface area (Å²) in [5.41, 5.74) is 8.16. The first kappa shape index (κ1) is 20.3. The van der Waals surface area contributed by atoms with Crippen molar-refractivity contribution in [3.05, 3.63) is 47.8 Å². The minimum atomic E-state index is 0. The van der Waals surface area contributed by atoms with Crippen molar-refractivity contribution in [1.82, 2.24) is 14.7 Å². The molecule has 132 valence electrons. The second-order valence-electron chi connectivity index (χ2n) is 6.04. The number of nitrogens with zero attached hydrogens (tertiary/aromatic N) is 3. The van der Waals surface area contributed by atoms with Crippen molar-refractivity contribution in [2.75, 3.05) is 18.8 Å². The molecule has 0 atom stereocenters. The van der Waals surface area contributed by atoms with Crippen LogP contribution in [-0.4, -0.2) is 33.7 Å². The Morgan fingerprint density at radius 2 is 2.00 bits per heavy atom. The molecule has 7 heteroatoms. The molecule has 2 N–H and O–H groups in total. The Bertz CT molecular complexity index is 653. The summed E-state index contributed by atoms with van der Waals surface area (Å²) in [5, 5.41) is 4.26. The van der Waals surface area contributed by atoms with Gasteiger partial charge in [-0.2, -0.15) is 5.10 Å². The monoisotopic (exact) mass is 370 g/mol. The molecule has 1 aromatic heterocycles. The third-order valence-corrected chi connectivity index (χ3v) is 4.40. The number of rotatable bonds is 3. The minimum Gasteiger partial charge on any atom is -0.399 e. The smallest absolute Gasteiger partial charge is 0.254 e. The molecule has 24 heavy (non-hydrogen) atoms. The van der Waals surface area contributed by atoms with E-state index in [9.17, 15) is 4.79 Å². The largest absolute Gasteiger partial charge is 0.399 e. The lowest BCUT2D eigenvalue weighted by molar-refractivity contribution is 0.0680. The average Bonchev–Trinajstić information content (AvgIpc) is 3.03. The van der Waals surface area contributed by atoms with Crippen molar-refractivity contribution < 1.29 is 4.79 Å². The van der Waals surface area contributed by atoms with Crippen LogP contribution >= 0.6 is 24.8 Å². The van der Waals surface area contributed by atoms with E-state index in [0.29, 0.717) is 11.6 Å². The molecule has 1 aromatic carbocycles. The van der Waals surface area contributed by atoms with Crippen LogP contribution in [0.4, 0.5) is 5.69 Å². The third-order valence-electron chi connectivity index (χ3n) is 4.40. The number of hydrogen-bond donors (Lipinski definition) is 1. The molecule has 2 heterocycles. The summed E-state index contributed by atoms with van der Waals surface area (Å²) in [6, 6.07) is 7.48. The van der Waals surface area contributed by atoms with Gasteiger partial charge < -0.3 is 10.6 Å². The van der Waals surface area contributed by atoms with Gasteiger partial charge in [0, 0.05) is 43.3 Å². The first-order valence-electron chi connectivity index (χ1n) is 7.76. The Balaban J connectivity index is 0.00000144. The number of anilines is 1. The maximum Gasteiger partial charge on any atom is 0.254 e. The number of carbonyl (C=O) groups is 1. The van der Waals surface area contributed by atoms with Gasteiger partial charge in [-0.1, -0.05) is 6.07 Å². The normalized spacial score (nSPS) is 14.6. The van der Waals surface area contributed by atoms with Gasteiger partial charge in [0.15, 0.2) is 0 Å². The van der Waals surface area contributed by atoms with Crippen molar-refractivity contribution in [1.29, 1.82) is 0 Å². The number of halogens is 2. The molecular formula is C17H24Cl2N4O. The Morgan fingerprint density at radius 3 is 2.62 bits per heavy atom. The summed E-state index contributed by atoms with van der Waals surface area (Å²) in [6.07, 6.45) is 5.84. The quantitative estimate of drug-likeness (QED) is 0.843. The number of piperidine rings is 1. The molecule has 5 nitrogen and oxygen atoms in total. The van der Waals surface area contributed by atoms with E-state index in [1.165, 1.54) is 0 Å². The van der Waals surface area contributed by atoms with Crippen LogP contribution in [0.1, 0.15) is 28.8 Å². The molecule has 0 unspecified atom stereocenters. The Morgan fingerprint density at radius 1 is 1.29 bits per heavy atom. The lowest BCUT2D eigenvalue weighted by atomic mass is 9.96. The summed E-state index contributed by atoms with van der Waals surface area (Å²) in [5.74, 6) is 0.688. The van der Waals surface area contributed by atoms with Gasteiger partial charge in [0.05, 0.1) is 0 Å². The van der Waals surface area contributed by atoms with Crippen LogP contribution in [0.25, 0.3) is 0 Å². The van der Waals surface area contributed by atoms with Gasteiger partial charge in [-0.25, -0.2) is 0 Å².